The van der Waals surface area contributed by atoms with Gasteiger partial charge in [-0.25, -0.2) is 4.39 Å². The molecule has 2 nitrogen and oxygen atoms in total. The molecule has 0 spiro atoms. The molecule has 0 saturated carbocycles. The van der Waals surface area contributed by atoms with Crippen LogP contribution in [-0.4, -0.2) is 12.6 Å². The molecule has 1 aromatic carbocycles. The molecule has 14 heavy (non-hydrogen) atoms. The van der Waals surface area contributed by atoms with Crippen LogP contribution in [-0.2, 0) is 0 Å². The lowest BCUT2D eigenvalue weighted by molar-refractivity contribution is 0.154. The van der Waals surface area contributed by atoms with Crippen LogP contribution < -0.4 is 10.1 Å². The molecule has 0 aliphatic carbocycles. The summed E-state index contributed by atoms with van der Waals surface area (Å²) in [5.41, 5.74) is 1.11. The molecule has 2 aliphatic heterocycles. The summed E-state index contributed by atoms with van der Waals surface area (Å²) < 4.78 is 18.6. The average molecular weight is 193 g/mol. The van der Waals surface area contributed by atoms with E-state index in [-0.39, 0.29) is 18.0 Å². The first-order valence-corrected chi connectivity index (χ1v) is 5.04. The third-order valence-electron chi connectivity index (χ3n) is 2.99. The molecule has 2 heterocycles. The van der Waals surface area contributed by atoms with Crippen molar-refractivity contribution in [3.63, 3.8) is 0 Å². The van der Waals surface area contributed by atoms with Crippen molar-refractivity contribution < 1.29 is 9.13 Å². The number of piperidine rings is 1. The van der Waals surface area contributed by atoms with Gasteiger partial charge in [-0.15, -0.1) is 0 Å². The van der Waals surface area contributed by atoms with E-state index < -0.39 is 0 Å². The lowest BCUT2D eigenvalue weighted by Gasteiger charge is -2.25. The number of nitrogens with one attached hydrogen (secondary N) is 1. The maximum atomic E-state index is 12.9. The number of ether oxygens (including phenoxy) is 1. The van der Waals surface area contributed by atoms with Crippen LogP contribution in [0.15, 0.2) is 18.2 Å². The molecule has 2 unspecified atom stereocenters. The van der Waals surface area contributed by atoms with E-state index in [1.54, 1.807) is 0 Å². The highest BCUT2D eigenvalue weighted by Gasteiger charge is 2.35. The summed E-state index contributed by atoms with van der Waals surface area (Å²) in [7, 11) is 0. The zero-order chi connectivity index (χ0) is 9.54. The number of hydrogen-bond donors (Lipinski definition) is 1. The zero-order valence-corrected chi connectivity index (χ0v) is 7.79. The Kier molecular flexibility index (Phi) is 1.74. The van der Waals surface area contributed by atoms with E-state index in [9.17, 15) is 4.39 Å². The first kappa shape index (κ1) is 8.24. The minimum Gasteiger partial charge on any atom is -0.488 e. The average Bonchev–Trinajstić information content (AvgIpc) is 2.54. The van der Waals surface area contributed by atoms with Gasteiger partial charge in [0.15, 0.2) is 0 Å². The van der Waals surface area contributed by atoms with E-state index >= 15 is 0 Å². The monoisotopic (exact) mass is 193 g/mol. The molecule has 1 N–H and O–H groups in total. The van der Waals surface area contributed by atoms with Gasteiger partial charge >= 0.3 is 0 Å². The highest BCUT2D eigenvalue weighted by Crippen LogP contribution is 2.40. The Morgan fingerprint density at radius 1 is 1.43 bits per heavy atom. The number of fused-ring (bicyclic) bond motifs is 3. The molecular formula is C11H12FNO. The first-order chi connectivity index (χ1) is 6.84. The lowest BCUT2D eigenvalue weighted by Crippen LogP contribution is -2.36. The summed E-state index contributed by atoms with van der Waals surface area (Å²) in [6.45, 7) is 1.03. The minimum atomic E-state index is -0.220. The van der Waals surface area contributed by atoms with Crippen molar-refractivity contribution in [2.24, 2.45) is 0 Å². The van der Waals surface area contributed by atoms with Crippen LogP contribution >= 0.6 is 0 Å². The fourth-order valence-corrected chi connectivity index (χ4v) is 2.33. The summed E-state index contributed by atoms with van der Waals surface area (Å²) in [5, 5.41) is 3.41. The molecule has 3 heteroatoms. The van der Waals surface area contributed by atoms with Crippen LogP contribution in [0.2, 0.25) is 0 Å². The summed E-state index contributed by atoms with van der Waals surface area (Å²) >= 11 is 0. The number of hydrogen-bond acceptors (Lipinski definition) is 2. The smallest absolute Gasteiger partial charge is 0.127 e. The first-order valence-electron chi connectivity index (χ1n) is 5.04. The van der Waals surface area contributed by atoms with Gasteiger partial charge < -0.3 is 10.1 Å². The van der Waals surface area contributed by atoms with Gasteiger partial charge in [0.05, 0.1) is 6.04 Å². The van der Waals surface area contributed by atoms with Crippen molar-refractivity contribution >= 4 is 0 Å². The highest BCUT2D eigenvalue weighted by molar-refractivity contribution is 5.41. The van der Waals surface area contributed by atoms with E-state index in [1.807, 2.05) is 6.07 Å². The van der Waals surface area contributed by atoms with Crippen molar-refractivity contribution in [3.05, 3.63) is 29.6 Å². The maximum absolute atomic E-state index is 12.9. The molecule has 3 rings (SSSR count). The van der Waals surface area contributed by atoms with Crippen LogP contribution in [0, 0.1) is 5.82 Å². The SMILES string of the molecule is Fc1ccc2c(c1)OC1CCCNC21. The van der Waals surface area contributed by atoms with Gasteiger partial charge in [-0.1, -0.05) is 6.07 Å². The Bertz CT molecular complexity index is 366. The number of benzene rings is 1. The molecule has 2 atom stereocenters. The Hall–Kier alpha value is -1.09. The summed E-state index contributed by atoms with van der Waals surface area (Å²) in [6, 6.07) is 5.09. The van der Waals surface area contributed by atoms with Gasteiger partial charge in [-0.2, -0.15) is 0 Å². The highest BCUT2D eigenvalue weighted by atomic mass is 19.1. The van der Waals surface area contributed by atoms with E-state index in [1.165, 1.54) is 12.1 Å². The van der Waals surface area contributed by atoms with Gasteiger partial charge in [0.2, 0.25) is 0 Å². The van der Waals surface area contributed by atoms with E-state index in [4.69, 9.17) is 4.74 Å². The molecule has 1 fully saturated rings. The van der Waals surface area contributed by atoms with E-state index in [2.05, 4.69) is 5.32 Å². The summed E-state index contributed by atoms with van der Waals surface area (Å²) in [5.74, 6) is 0.497. The van der Waals surface area contributed by atoms with Gasteiger partial charge in [-0.05, 0) is 25.5 Å². The van der Waals surface area contributed by atoms with Crippen molar-refractivity contribution in [2.75, 3.05) is 6.54 Å². The largest absolute Gasteiger partial charge is 0.488 e. The molecule has 1 aromatic rings. The summed E-state index contributed by atoms with van der Waals surface area (Å²) in [4.78, 5) is 0. The van der Waals surface area contributed by atoms with Crippen molar-refractivity contribution in [2.45, 2.75) is 25.0 Å². The van der Waals surface area contributed by atoms with Gasteiger partial charge in [0, 0.05) is 11.6 Å². The third kappa shape index (κ3) is 1.12. The van der Waals surface area contributed by atoms with E-state index in [0.717, 1.165) is 30.7 Å². The topological polar surface area (TPSA) is 21.3 Å². The predicted octanol–water partition coefficient (Wildman–Crippen LogP) is 2.01. The Morgan fingerprint density at radius 3 is 3.29 bits per heavy atom. The van der Waals surface area contributed by atoms with Crippen LogP contribution in [0.25, 0.3) is 0 Å². The quantitative estimate of drug-likeness (QED) is 0.680. The van der Waals surface area contributed by atoms with Gasteiger partial charge in [-0.3, -0.25) is 0 Å². The number of halogens is 1. The van der Waals surface area contributed by atoms with Crippen LogP contribution in [0.3, 0.4) is 0 Å². The fourth-order valence-electron chi connectivity index (χ4n) is 2.33. The minimum absolute atomic E-state index is 0.209. The van der Waals surface area contributed by atoms with Crippen LogP contribution in [0.1, 0.15) is 24.4 Å². The molecule has 0 radical (unpaired) electrons. The van der Waals surface area contributed by atoms with Crippen molar-refractivity contribution in [1.29, 1.82) is 0 Å². The predicted molar refractivity (Wildman–Crippen MR) is 50.8 cm³/mol. The Labute approximate surface area is 82.1 Å². The molecule has 2 aliphatic rings. The van der Waals surface area contributed by atoms with Gasteiger partial charge in [0.1, 0.15) is 17.7 Å². The zero-order valence-electron chi connectivity index (χ0n) is 7.79. The van der Waals surface area contributed by atoms with Crippen molar-refractivity contribution in [3.8, 4) is 5.75 Å². The second kappa shape index (κ2) is 2.95. The molecule has 0 bridgehead atoms. The lowest BCUT2D eigenvalue weighted by atomic mass is 9.97. The molecule has 0 amide bonds. The summed E-state index contributed by atoms with van der Waals surface area (Å²) in [6.07, 6.45) is 2.41. The maximum Gasteiger partial charge on any atom is 0.127 e. The second-order valence-corrected chi connectivity index (χ2v) is 3.91. The van der Waals surface area contributed by atoms with Crippen LogP contribution in [0.5, 0.6) is 5.75 Å². The number of rotatable bonds is 0. The van der Waals surface area contributed by atoms with Crippen molar-refractivity contribution in [1.82, 2.24) is 5.32 Å². The molecule has 1 saturated heterocycles. The Morgan fingerprint density at radius 2 is 2.36 bits per heavy atom. The third-order valence-corrected chi connectivity index (χ3v) is 2.99. The van der Waals surface area contributed by atoms with Crippen LogP contribution in [0.4, 0.5) is 4.39 Å². The second-order valence-electron chi connectivity index (χ2n) is 3.91. The molecular weight excluding hydrogens is 181 g/mol. The van der Waals surface area contributed by atoms with E-state index in [0.29, 0.717) is 0 Å². The molecule has 74 valence electrons. The van der Waals surface area contributed by atoms with Gasteiger partial charge in [0.25, 0.3) is 0 Å². The normalized spacial score (nSPS) is 29.2. The standard InChI is InChI=1S/C11H12FNO/c12-7-3-4-8-10(6-7)14-9-2-1-5-13-11(8)9/h3-4,6,9,11,13H,1-2,5H2. The fraction of sp³-hybridized carbons (Fsp3) is 0.455. The molecule has 0 aromatic heterocycles. The Balaban J connectivity index is 2.01.